The van der Waals surface area contributed by atoms with Crippen molar-refractivity contribution in [2.45, 2.75) is 11.0 Å². The Hall–Kier alpha value is -0.890. The van der Waals surface area contributed by atoms with Crippen LogP contribution in [0.3, 0.4) is 0 Å². The lowest BCUT2D eigenvalue weighted by molar-refractivity contribution is 0.0324. The highest BCUT2D eigenvalue weighted by atomic mass is 32.2. The van der Waals surface area contributed by atoms with Crippen LogP contribution in [0.2, 0.25) is 0 Å². The standard InChI is InChI=1S/C10H17N3O3S/c1-13-4-2-10(8-13)17(14,15)12-7-9-6-11-3-5-16-9/h2,4,8-9,11-12H,3,5-7H2,1H3. The lowest BCUT2D eigenvalue weighted by Crippen LogP contribution is -2.45. The third-order valence-corrected chi connectivity index (χ3v) is 4.03. The van der Waals surface area contributed by atoms with Crippen molar-refractivity contribution >= 4 is 10.0 Å². The molecule has 7 heteroatoms. The maximum absolute atomic E-state index is 11.9. The molecule has 1 aromatic rings. The molecule has 1 aromatic heterocycles. The van der Waals surface area contributed by atoms with E-state index in [0.717, 1.165) is 6.54 Å². The van der Waals surface area contributed by atoms with Gasteiger partial charge < -0.3 is 14.6 Å². The largest absolute Gasteiger partial charge is 0.374 e. The summed E-state index contributed by atoms with van der Waals surface area (Å²) >= 11 is 0. The number of ether oxygens (including phenoxy) is 1. The lowest BCUT2D eigenvalue weighted by Gasteiger charge is -2.23. The second-order valence-electron chi connectivity index (χ2n) is 4.06. The van der Waals surface area contributed by atoms with Crippen molar-refractivity contribution in [3.8, 4) is 0 Å². The van der Waals surface area contributed by atoms with Crippen molar-refractivity contribution in [2.75, 3.05) is 26.2 Å². The summed E-state index contributed by atoms with van der Waals surface area (Å²) in [6.07, 6.45) is 3.18. The van der Waals surface area contributed by atoms with Crippen molar-refractivity contribution in [1.29, 1.82) is 0 Å². The van der Waals surface area contributed by atoms with Gasteiger partial charge in [0.1, 0.15) is 0 Å². The Morgan fingerprint density at radius 2 is 2.47 bits per heavy atom. The van der Waals surface area contributed by atoms with Crippen LogP contribution >= 0.6 is 0 Å². The van der Waals surface area contributed by atoms with Gasteiger partial charge in [-0.3, -0.25) is 0 Å². The normalized spacial score (nSPS) is 21.6. The van der Waals surface area contributed by atoms with Gasteiger partial charge in [-0.05, 0) is 6.07 Å². The Labute approximate surface area is 101 Å². The summed E-state index contributed by atoms with van der Waals surface area (Å²) in [5.41, 5.74) is 0. The van der Waals surface area contributed by atoms with Crippen molar-refractivity contribution in [1.82, 2.24) is 14.6 Å². The van der Waals surface area contributed by atoms with Crippen molar-refractivity contribution in [2.24, 2.45) is 7.05 Å². The molecular formula is C10H17N3O3S. The molecule has 1 saturated heterocycles. The van der Waals surface area contributed by atoms with Gasteiger partial charge in [0.15, 0.2) is 0 Å². The first kappa shape index (κ1) is 12.6. The van der Waals surface area contributed by atoms with Crippen LogP contribution < -0.4 is 10.0 Å². The first-order valence-corrected chi connectivity index (χ1v) is 7.00. The molecule has 0 spiro atoms. The van der Waals surface area contributed by atoms with Gasteiger partial charge in [0.25, 0.3) is 0 Å². The third kappa shape index (κ3) is 3.29. The summed E-state index contributed by atoms with van der Waals surface area (Å²) in [4.78, 5) is 0.281. The molecular weight excluding hydrogens is 242 g/mol. The third-order valence-electron chi connectivity index (χ3n) is 2.62. The van der Waals surface area contributed by atoms with Crippen LogP contribution in [0.1, 0.15) is 0 Å². The van der Waals surface area contributed by atoms with E-state index in [1.165, 1.54) is 0 Å². The van der Waals surface area contributed by atoms with Gasteiger partial charge >= 0.3 is 0 Å². The zero-order valence-electron chi connectivity index (χ0n) is 9.72. The first-order chi connectivity index (χ1) is 8.08. The Bertz CT molecular complexity index is 463. The van der Waals surface area contributed by atoms with Crippen molar-refractivity contribution < 1.29 is 13.2 Å². The Morgan fingerprint density at radius 3 is 3.06 bits per heavy atom. The zero-order valence-corrected chi connectivity index (χ0v) is 10.5. The quantitative estimate of drug-likeness (QED) is 0.749. The molecule has 0 aromatic carbocycles. The Morgan fingerprint density at radius 1 is 1.65 bits per heavy atom. The van der Waals surface area contributed by atoms with Crippen LogP contribution in [0.4, 0.5) is 0 Å². The highest BCUT2D eigenvalue weighted by Crippen LogP contribution is 2.08. The van der Waals surface area contributed by atoms with Gasteiger partial charge in [0.2, 0.25) is 10.0 Å². The minimum atomic E-state index is -3.42. The summed E-state index contributed by atoms with van der Waals surface area (Å²) < 4.78 is 33.4. The Balaban J connectivity index is 1.93. The number of nitrogens with zero attached hydrogens (tertiary/aromatic N) is 1. The van der Waals surface area contributed by atoms with Gasteiger partial charge in [-0.1, -0.05) is 0 Å². The van der Waals surface area contributed by atoms with E-state index < -0.39 is 10.0 Å². The predicted molar refractivity (Wildman–Crippen MR) is 63.2 cm³/mol. The molecule has 1 atom stereocenters. The molecule has 1 fully saturated rings. The summed E-state index contributed by atoms with van der Waals surface area (Å²) in [7, 11) is -1.63. The van der Waals surface area contributed by atoms with Crippen LogP contribution in [-0.2, 0) is 21.8 Å². The van der Waals surface area contributed by atoms with E-state index in [9.17, 15) is 8.42 Å². The fourth-order valence-corrected chi connectivity index (χ4v) is 2.79. The second kappa shape index (κ2) is 5.18. The van der Waals surface area contributed by atoms with E-state index >= 15 is 0 Å². The second-order valence-corrected chi connectivity index (χ2v) is 5.83. The van der Waals surface area contributed by atoms with E-state index in [1.54, 1.807) is 30.1 Å². The average molecular weight is 259 g/mol. The highest BCUT2D eigenvalue weighted by Gasteiger charge is 2.19. The molecule has 96 valence electrons. The van der Waals surface area contributed by atoms with Crippen LogP contribution in [0.25, 0.3) is 0 Å². The van der Waals surface area contributed by atoms with E-state index in [2.05, 4.69) is 10.0 Å². The van der Waals surface area contributed by atoms with Gasteiger partial charge in [0, 0.05) is 39.1 Å². The fraction of sp³-hybridized carbons (Fsp3) is 0.600. The molecule has 1 aliphatic rings. The van der Waals surface area contributed by atoms with Crippen LogP contribution in [-0.4, -0.2) is 45.3 Å². The number of hydrogen-bond donors (Lipinski definition) is 2. The molecule has 2 heterocycles. The highest BCUT2D eigenvalue weighted by molar-refractivity contribution is 7.89. The monoisotopic (exact) mass is 259 g/mol. The molecule has 2 rings (SSSR count). The summed E-state index contributed by atoms with van der Waals surface area (Å²) in [5, 5.41) is 3.15. The summed E-state index contributed by atoms with van der Waals surface area (Å²) in [6.45, 7) is 2.42. The lowest BCUT2D eigenvalue weighted by atomic mass is 10.3. The predicted octanol–water partition coefficient (Wildman–Crippen LogP) is -0.708. The van der Waals surface area contributed by atoms with Crippen molar-refractivity contribution in [3.63, 3.8) is 0 Å². The molecule has 0 amide bonds. The minimum Gasteiger partial charge on any atom is -0.374 e. The van der Waals surface area contributed by atoms with Crippen molar-refractivity contribution in [3.05, 3.63) is 18.5 Å². The molecule has 0 bridgehead atoms. The number of aryl methyl sites for hydroxylation is 1. The Kier molecular flexibility index (Phi) is 3.82. The minimum absolute atomic E-state index is 0.0952. The number of hydrogen-bond acceptors (Lipinski definition) is 4. The fourth-order valence-electron chi connectivity index (χ4n) is 1.67. The summed E-state index contributed by atoms with van der Waals surface area (Å²) in [6, 6.07) is 1.57. The zero-order chi connectivity index (χ0) is 12.3. The maximum Gasteiger partial charge on any atom is 0.242 e. The number of morpholine rings is 1. The SMILES string of the molecule is Cn1ccc(S(=O)(=O)NCC2CNCCO2)c1. The van der Waals surface area contributed by atoms with E-state index in [4.69, 9.17) is 4.74 Å². The van der Waals surface area contributed by atoms with Gasteiger partial charge in [0.05, 0.1) is 17.6 Å². The van der Waals surface area contributed by atoms with Crippen LogP contribution in [0.15, 0.2) is 23.4 Å². The molecule has 17 heavy (non-hydrogen) atoms. The maximum atomic E-state index is 11.9. The number of aromatic nitrogens is 1. The van der Waals surface area contributed by atoms with E-state index in [0.29, 0.717) is 19.7 Å². The molecule has 0 aliphatic carbocycles. The van der Waals surface area contributed by atoms with Gasteiger partial charge in [-0.2, -0.15) is 0 Å². The molecule has 0 radical (unpaired) electrons. The molecule has 1 aliphatic heterocycles. The number of nitrogens with one attached hydrogen (secondary N) is 2. The average Bonchev–Trinajstić information content (AvgIpc) is 2.76. The van der Waals surface area contributed by atoms with E-state index in [-0.39, 0.29) is 11.0 Å². The molecule has 0 saturated carbocycles. The van der Waals surface area contributed by atoms with E-state index in [1.807, 2.05) is 0 Å². The molecule has 6 nitrogen and oxygen atoms in total. The first-order valence-electron chi connectivity index (χ1n) is 5.52. The number of sulfonamides is 1. The molecule has 1 unspecified atom stereocenters. The van der Waals surface area contributed by atoms with Gasteiger partial charge in [-0.15, -0.1) is 0 Å². The number of rotatable bonds is 4. The molecule has 2 N–H and O–H groups in total. The van der Waals surface area contributed by atoms with Crippen LogP contribution in [0, 0.1) is 0 Å². The smallest absolute Gasteiger partial charge is 0.242 e. The summed E-state index contributed by atoms with van der Waals surface area (Å²) in [5.74, 6) is 0. The topological polar surface area (TPSA) is 72.4 Å². The van der Waals surface area contributed by atoms with Gasteiger partial charge in [-0.25, -0.2) is 13.1 Å². The van der Waals surface area contributed by atoms with Crippen LogP contribution in [0.5, 0.6) is 0 Å².